The van der Waals surface area contributed by atoms with Crippen molar-refractivity contribution in [1.29, 1.82) is 0 Å². The third-order valence-electron chi connectivity index (χ3n) is 4.30. The summed E-state index contributed by atoms with van der Waals surface area (Å²) in [6.07, 6.45) is -1.46. The third kappa shape index (κ3) is 5.73. The Bertz CT molecular complexity index is 778. The van der Waals surface area contributed by atoms with E-state index in [-0.39, 0.29) is 19.0 Å². The fourth-order valence-electron chi connectivity index (χ4n) is 2.87. The molecule has 170 valence electrons. The maximum atomic E-state index is 13.7. The topological polar surface area (TPSA) is 112 Å². The van der Waals surface area contributed by atoms with E-state index in [1.165, 1.54) is 11.6 Å². The highest BCUT2D eigenvalue weighted by Gasteiger charge is 2.60. The molecule has 1 aliphatic carbocycles. The molecule has 9 nitrogen and oxygen atoms in total. The van der Waals surface area contributed by atoms with Crippen LogP contribution in [0, 0.1) is 12.3 Å². The summed E-state index contributed by atoms with van der Waals surface area (Å²) in [6.45, 7) is 11.8. The Morgan fingerprint density at radius 2 is 1.73 bits per heavy atom. The van der Waals surface area contributed by atoms with Gasteiger partial charge in [-0.15, -0.1) is 5.10 Å². The number of esters is 2. The van der Waals surface area contributed by atoms with Gasteiger partial charge < -0.3 is 14.8 Å². The number of ether oxygens (including phenoxy) is 2. The molecular weight excluding hydrogens is 402 g/mol. The molecule has 2 rings (SSSR count). The molecule has 11 heteroatoms. The van der Waals surface area contributed by atoms with Crippen molar-refractivity contribution in [3.8, 4) is 0 Å². The lowest BCUT2D eigenvalue weighted by atomic mass is 9.70. The van der Waals surface area contributed by atoms with E-state index in [0.29, 0.717) is 5.69 Å². The van der Waals surface area contributed by atoms with Gasteiger partial charge in [-0.3, -0.25) is 9.59 Å². The van der Waals surface area contributed by atoms with Crippen molar-refractivity contribution in [2.75, 3.05) is 6.61 Å². The molecule has 0 aliphatic heterocycles. The maximum Gasteiger partial charge on any atom is 0.396 e. The number of hydrogen-bond acceptors (Lipinski definition) is 7. The first-order valence-corrected chi connectivity index (χ1v) is 9.76. The number of hydrogen-bond donors (Lipinski definition) is 1. The SMILES string of the molecule is CC.CCOC(=O)C(=O)NC1(c2nnn(COC(=O)C(C)(C)C)c2C)CC(F)(F)C1. The zero-order chi connectivity index (χ0) is 23.3. The summed E-state index contributed by atoms with van der Waals surface area (Å²) in [5.74, 6) is -5.78. The summed E-state index contributed by atoms with van der Waals surface area (Å²) < 4.78 is 38.3. The summed E-state index contributed by atoms with van der Waals surface area (Å²) in [6, 6.07) is 0. The molecule has 1 heterocycles. The van der Waals surface area contributed by atoms with Gasteiger partial charge in [-0.25, -0.2) is 18.3 Å². The lowest BCUT2D eigenvalue weighted by molar-refractivity contribution is -0.165. The maximum absolute atomic E-state index is 13.7. The molecule has 0 aromatic carbocycles. The van der Waals surface area contributed by atoms with Crippen molar-refractivity contribution in [1.82, 2.24) is 20.3 Å². The minimum absolute atomic E-state index is 0.0240. The Balaban J connectivity index is 0.00000218. The van der Waals surface area contributed by atoms with Crippen LogP contribution in [0.5, 0.6) is 0 Å². The van der Waals surface area contributed by atoms with E-state index in [1.807, 2.05) is 13.8 Å². The number of rotatable bonds is 5. The minimum atomic E-state index is -3.02. The third-order valence-corrected chi connectivity index (χ3v) is 4.30. The molecule has 1 N–H and O–H groups in total. The molecule has 0 radical (unpaired) electrons. The first kappa shape index (κ1) is 25.4. The van der Waals surface area contributed by atoms with Crippen LogP contribution in [-0.2, 0) is 36.1 Å². The fraction of sp³-hybridized carbons (Fsp3) is 0.737. The minimum Gasteiger partial charge on any atom is -0.459 e. The molecular formula is C19H30F2N4O5. The predicted molar refractivity (Wildman–Crippen MR) is 102 cm³/mol. The zero-order valence-electron chi connectivity index (χ0n) is 18.5. The van der Waals surface area contributed by atoms with E-state index in [2.05, 4.69) is 20.4 Å². The van der Waals surface area contributed by atoms with Gasteiger partial charge in [-0.2, -0.15) is 0 Å². The van der Waals surface area contributed by atoms with Crippen molar-refractivity contribution < 1.29 is 32.6 Å². The number of carbonyl (C=O) groups excluding carboxylic acids is 3. The first-order valence-electron chi connectivity index (χ1n) is 9.76. The van der Waals surface area contributed by atoms with Gasteiger partial charge in [0.1, 0.15) is 5.69 Å². The summed E-state index contributed by atoms with van der Waals surface area (Å²) in [4.78, 5) is 35.5. The summed E-state index contributed by atoms with van der Waals surface area (Å²) in [7, 11) is 0. The van der Waals surface area contributed by atoms with Gasteiger partial charge in [0.2, 0.25) is 0 Å². The smallest absolute Gasteiger partial charge is 0.396 e. The van der Waals surface area contributed by atoms with E-state index < -0.39 is 47.6 Å². The second-order valence-electron chi connectivity index (χ2n) is 7.80. The molecule has 1 fully saturated rings. The highest BCUT2D eigenvalue weighted by atomic mass is 19.3. The fourth-order valence-corrected chi connectivity index (χ4v) is 2.87. The van der Waals surface area contributed by atoms with Crippen LogP contribution in [0.25, 0.3) is 0 Å². The quantitative estimate of drug-likeness (QED) is 0.562. The number of amides is 1. The Morgan fingerprint density at radius 3 is 2.20 bits per heavy atom. The molecule has 0 spiro atoms. The van der Waals surface area contributed by atoms with Crippen LogP contribution in [0.3, 0.4) is 0 Å². The van der Waals surface area contributed by atoms with E-state index >= 15 is 0 Å². The Kier molecular flexibility index (Phi) is 8.04. The van der Waals surface area contributed by atoms with Crippen LogP contribution in [0.15, 0.2) is 0 Å². The highest BCUT2D eigenvalue weighted by Crippen LogP contribution is 2.51. The predicted octanol–water partition coefficient (Wildman–Crippen LogP) is 2.46. The van der Waals surface area contributed by atoms with E-state index in [0.717, 1.165) is 0 Å². The monoisotopic (exact) mass is 432 g/mol. The lowest BCUT2D eigenvalue weighted by Gasteiger charge is -2.46. The summed E-state index contributed by atoms with van der Waals surface area (Å²) in [5, 5.41) is 10.0. The van der Waals surface area contributed by atoms with Crippen molar-refractivity contribution in [3.05, 3.63) is 11.4 Å². The van der Waals surface area contributed by atoms with Crippen molar-refractivity contribution in [2.45, 2.75) is 79.5 Å². The van der Waals surface area contributed by atoms with Gasteiger partial charge in [0.25, 0.3) is 5.92 Å². The molecule has 1 amide bonds. The lowest BCUT2D eigenvalue weighted by Crippen LogP contribution is -2.61. The summed E-state index contributed by atoms with van der Waals surface area (Å²) >= 11 is 0. The van der Waals surface area contributed by atoms with Crippen molar-refractivity contribution in [2.24, 2.45) is 5.41 Å². The van der Waals surface area contributed by atoms with Crippen LogP contribution in [0.2, 0.25) is 0 Å². The largest absolute Gasteiger partial charge is 0.459 e. The van der Waals surface area contributed by atoms with Crippen LogP contribution in [0.4, 0.5) is 8.78 Å². The number of nitrogens with one attached hydrogen (secondary N) is 1. The Labute approximate surface area is 174 Å². The van der Waals surface area contributed by atoms with E-state index in [4.69, 9.17) is 4.74 Å². The first-order chi connectivity index (χ1) is 13.8. The average molecular weight is 432 g/mol. The Morgan fingerprint density at radius 1 is 1.17 bits per heavy atom. The molecule has 0 atom stereocenters. The molecule has 1 aliphatic rings. The Hall–Kier alpha value is -2.59. The number of nitrogens with zero attached hydrogens (tertiary/aromatic N) is 3. The molecule has 0 unspecified atom stereocenters. The summed E-state index contributed by atoms with van der Waals surface area (Å²) in [5.41, 5.74) is -1.85. The normalized spacial score (nSPS) is 16.4. The van der Waals surface area contributed by atoms with Crippen molar-refractivity contribution in [3.63, 3.8) is 0 Å². The molecule has 0 saturated heterocycles. The number of halogens is 2. The van der Waals surface area contributed by atoms with Crippen LogP contribution < -0.4 is 5.32 Å². The average Bonchev–Trinajstić information content (AvgIpc) is 2.99. The van der Waals surface area contributed by atoms with Gasteiger partial charge in [-0.05, 0) is 34.6 Å². The van der Waals surface area contributed by atoms with Crippen LogP contribution in [0.1, 0.15) is 65.8 Å². The molecule has 0 bridgehead atoms. The van der Waals surface area contributed by atoms with Gasteiger partial charge in [-0.1, -0.05) is 19.1 Å². The van der Waals surface area contributed by atoms with E-state index in [1.54, 1.807) is 27.7 Å². The van der Waals surface area contributed by atoms with Crippen LogP contribution in [-0.4, -0.2) is 45.4 Å². The highest BCUT2D eigenvalue weighted by molar-refractivity contribution is 6.32. The van der Waals surface area contributed by atoms with Gasteiger partial charge in [0.15, 0.2) is 6.73 Å². The number of alkyl halides is 2. The molecule has 1 aromatic rings. The van der Waals surface area contributed by atoms with E-state index in [9.17, 15) is 23.2 Å². The number of aromatic nitrogens is 3. The second kappa shape index (κ2) is 9.48. The molecule has 30 heavy (non-hydrogen) atoms. The molecule has 1 saturated carbocycles. The number of carbonyl (C=O) groups is 3. The zero-order valence-corrected chi connectivity index (χ0v) is 18.5. The standard InChI is InChI=1S/C17H24F2N4O5.C2H6/c1-6-27-13(25)12(24)20-16(7-17(18,19)8-16)11-10(2)23(22-21-11)9-28-14(26)15(3,4)5;1-2/h6-9H2,1-5H3,(H,20,24);1-2H3. The molecule has 1 aromatic heterocycles. The second-order valence-corrected chi connectivity index (χ2v) is 7.80. The van der Waals surface area contributed by atoms with Gasteiger partial charge in [0, 0.05) is 12.8 Å². The van der Waals surface area contributed by atoms with Gasteiger partial charge in [0.05, 0.1) is 23.3 Å². The van der Waals surface area contributed by atoms with Crippen LogP contribution >= 0.6 is 0 Å². The van der Waals surface area contributed by atoms with Gasteiger partial charge >= 0.3 is 17.8 Å². The van der Waals surface area contributed by atoms with Crippen molar-refractivity contribution >= 4 is 17.8 Å².